The Morgan fingerprint density at radius 1 is 0.944 bits per heavy atom. The Kier molecular flexibility index (Phi) is 3.65. The van der Waals surface area contributed by atoms with Crippen molar-refractivity contribution in [3.05, 3.63) is 65.7 Å². The maximum absolute atomic E-state index is 10.6. The van der Waals surface area contributed by atoms with Gasteiger partial charge in [0.25, 0.3) is 0 Å². The summed E-state index contributed by atoms with van der Waals surface area (Å²) in [6.07, 6.45) is 0.424. The first-order valence-electron chi connectivity index (χ1n) is 5.90. The average Bonchev–Trinajstić information content (AvgIpc) is 2.42. The summed E-state index contributed by atoms with van der Waals surface area (Å²) >= 11 is 0. The molecule has 0 saturated carbocycles. The van der Waals surface area contributed by atoms with Gasteiger partial charge in [0.2, 0.25) is 0 Å². The second-order valence-corrected chi connectivity index (χ2v) is 4.44. The molecule has 2 aromatic rings. The summed E-state index contributed by atoms with van der Waals surface area (Å²) in [5.41, 5.74) is 6.39. The van der Waals surface area contributed by atoms with E-state index in [1.807, 2.05) is 30.3 Å². The summed E-state index contributed by atoms with van der Waals surface area (Å²) in [6, 6.07) is 16.2. The van der Waals surface area contributed by atoms with Crippen molar-refractivity contribution in [2.24, 2.45) is 5.73 Å². The Morgan fingerprint density at radius 2 is 1.56 bits per heavy atom. The molecule has 1 unspecified atom stereocenters. The monoisotopic (exact) mass is 243 g/mol. The summed E-state index contributed by atoms with van der Waals surface area (Å²) < 4.78 is 0. The maximum atomic E-state index is 10.6. The molecule has 18 heavy (non-hydrogen) atoms. The molecule has 0 aliphatic carbocycles. The number of hydrogen-bond acceptors (Lipinski definition) is 3. The lowest BCUT2D eigenvalue weighted by Crippen LogP contribution is -2.37. The van der Waals surface area contributed by atoms with Crippen molar-refractivity contribution in [1.82, 2.24) is 0 Å². The molecular formula is C15H17NO2. The highest BCUT2D eigenvalue weighted by Gasteiger charge is 2.27. The lowest BCUT2D eigenvalue weighted by Gasteiger charge is -2.27. The highest BCUT2D eigenvalue weighted by atomic mass is 16.3. The molecule has 2 rings (SSSR count). The molecule has 0 aliphatic heterocycles. The van der Waals surface area contributed by atoms with E-state index in [0.29, 0.717) is 6.42 Å². The van der Waals surface area contributed by atoms with Gasteiger partial charge >= 0.3 is 0 Å². The lowest BCUT2D eigenvalue weighted by molar-refractivity contribution is 0.0463. The van der Waals surface area contributed by atoms with Crippen molar-refractivity contribution in [3.63, 3.8) is 0 Å². The van der Waals surface area contributed by atoms with Crippen LogP contribution in [0.5, 0.6) is 5.75 Å². The van der Waals surface area contributed by atoms with Crippen LogP contribution in [0.15, 0.2) is 54.6 Å². The lowest BCUT2D eigenvalue weighted by atomic mass is 9.87. The molecule has 0 spiro atoms. The van der Waals surface area contributed by atoms with Crippen LogP contribution in [0.4, 0.5) is 0 Å². The molecule has 0 aliphatic rings. The number of hydrogen-bond donors (Lipinski definition) is 3. The Hall–Kier alpha value is -1.84. The fraction of sp³-hybridized carbons (Fsp3) is 0.200. The van der Waals surface area contributed by atoms with Crippen LogP contribution in [-0.2, 0) is 12.0 Å². The molecule has 0 fully saturated rings. The van der Waals surface area contributed by atoms with E-state index >= 15 is 0 Å². The Bertz CT molecular complexity index is 496. The zero-order valence-electron chi connectivity index (χ0n) is 10.1. The molecule has 3 heteroatoms. The smallest absolute Gasteiger partial charge is 0.115 e. The zero-order chi connectivity index (χ0) is 13.0. The number of aliphatic hydroxyl groups is 1. The predicted octanol–water partition coefficient (Wildman–Crippen LogP) is 1.78. The fourth-order valence-corrected chi connectivity index (χ4v) is 1.99. The molecule has 0 amide bonds. The van der Waals surface area contributed by atoms with Gasteiger partial charge in [-0.25, -0.2) is 0 Å². The Morgan fingerprint density at radius 3 is 2.11 bits per heavy atom. The molecule has 4 N–H and O–H groups in total. The summed E-state index contributed by atoms with van der Waals surface area (Å²) in [7, 11) is 0. The Balaban J connectivity index is 2.26. The predicted molar refractivity (Wildman–Crippen MR) is 71.2 cm³/mol. The zero-order valence-corrected chi connectivity index (χ0v) is 10.1. The van der Waals surface area contributed by atoms with Gasteiger partial charge < -0.3 is 15.9 Å². The van der Waals surface area contributed by atoms with E-state index in [1.165, 1.54) is 0 Å². The van der Waals surface area contributed by atoms with Gasteiger partial charge in [-0.3, -0.25) is 0 Å². The van der Waals surface area contributed by atoms with E-state index in [9.17, 15) is 10.2 Å². The molecule has 2 aromatic carbocycles. The standard InChI is InChI=1S/C15H17NO2/c16-11-15(18,13-4-2-1-3-5-13)10-12-6-8-14(17)9-7-12/h1-9,17-18H,10-11,16H2. The third kappa shape index (κ3) is 2.70. The summed E-state index contributed by atoms with van der Waals surface area (Å²) in [5.74, 6) is 0.217. The minimum absolute atomic E-state index is 0.151. The Labute approximate surface area is 107 Å². The number of aromatic hydroxyl groups is 1. The molecule has 94 valence electrons. The van der Waals surface area contributed by atoms with Crippen LogP contribution in [-0.4, -0.2) is 16.8 Å². The van der Waals surface area contributed by atoms with E-state index in [0.717, 1.165) is 11.1 Å². The third-order valence-corrected chi connectivity index (χ3v) is 3.08. The van der Waals surface area contributed by atoms with Gasteiger partial charge in [-0.2, -0.15) is 0 Å². The van der Waals surface area contributed by atoms with E-state index in [-0.39, 0.29) is 12.3 Å². The van der Waals surface area contributed by atoms with Gasteiger partial charge in [-0.1, -0.05) is 42.5 Å². The summed E-state index contributed by atoms with van der Waals surface area (Å²) in [6.45, 7) is 0.151. The fourth-order valence-electron chi connectivity index (χ4n) is 1.99. The van der Waals surface area contributed by atoms with Crippen molar-refractivity contribution in [2.75, 3.05) is 6.54 Å². The SMILES string of the molecule is NCC(O)(Cc1ccc(O)cc1)c1ccccc1. The molecular weight excluding hydrogens is 226 g/mol. The number of phenolic OH excluding ortho intramolecular Hbond substituents is 1. The summed E-state index contributed by atoms with van der Waals surface area (Å²) in [4.78, 5) is 0. The first-order chi connectivity index (χ1) is 8.64. The largest absolute Gasteiger partial charge is 0.508 e. The van der Waals surface area contributed by atoms with Crippen molar-refractivity contribution in [2.45, 2.75) is 12.0 Å². The van der Waals surface area contributed by atoms with Crippen molar-refractivity contribution in [1.29, 1.82) is 0 Å². The minimum Gasteiger partial charge on any atom is -0.508 e. The minimum atomic E-state index is -1.07. The third-order valence-electron chi connectivity index (χ3n) is 3.08. The van der Waals surface area contributed by atoms with Crippen LogP contribution in [0, 0.1) is 0 Å². The average molecular weight is 243 g/mol. The van der Waals surface area contributed by atoms with E-state index in [4.69, 9.17) is 5.73 Å². The van der Waals surface area contributed by atoms with Crippen LogP contribution in [0.25, 0.3) is 0 Å². The van der Waals surface area contributed by atoms with Crippen molar-refractivity contribution < 1.29 is 10.2 Å². The van der Waals surface area contributed by atoms with Gasteiger partial charge in [-0.15, -0.1) is 0 Å². The maximum Gasteiger partial charge on any atom is 0.115 e. The van der Waals surface area contributed by atoms with Crippen LogP contribution in [0.2, 0.25) is 0 Å². The van der Waals surface area contributed by atoms with Gasteiger partial charge in [0.1, 0.15) is 11.4 Å². The van der Waals surface area contributed by atoms with E-state index in [2.05, 4.69) is 0 Å². The highest BCUT2D eigenvalue weighted by Crippen LogP contribution is 2.25. The van der Waals surface area contributed by atoms with Crippen LogP contribution in [0.1, 0.15) is 11.1 Å². The van der Waals surface area contributed by atoms with E-state index in [1.54, 1.807) is 24.3 Å². The second-order valence-electron chi connectivity index (χ2n) is 4.44. The van der Waals surface area contributed by atoms with Crippen LogP contribution < -0.4 is 5.73 Å². The van der Waals surface area contributed by atoms with Gasteiger partial charge in [-0.05, 0) is 23.3 Å². The molecule has 0 bridgehead atoms. The van der Waals surface area contributed by atoms with Gasteiger partial charge in [0.05, 0.1) is 0 Å². The molecule has 0 aromatic heterocycles. The first kappa shape index (κ1) is 12.6. The number of nitrogens with two attached hydrogens (primary N) is 1. The first-order valence-corrected chi connectivity index (χ1v) is 5.90. The molecule has 0 radical (unpaired) electrons. The second kappa shape index (κ2) is 5.21. The molecule has 3 nitrogen and oxygen atoms in total. The van der Waals surface area contributed by atoms with E-state index < -0.39 is 5.60 Å². The quantitative estimate of drug-likeness (QED) is 0.767. The topological polar surface area (TPSA) is 66.5 Å². The van der Waals surface area contributed by atoms with Crippen LogP contribution >= 0.6 is 0 Å². The van der Waals surface area contributed by atoms with Gasteiger partial charge in [0.15, 0.2) is 0 Å². The van der Waals surface area contributed by atoms with Gasteiger partial charge in [0, 0.05) is 13.0 Å². The molecule has 0 heterocycles. The molecule has 1 atom stereocenters. The number of benzene rings is 2. The highest BCUT2D eigenvalue weighted by molar-refractivity contribution is 5.30. The van der Waals surface area contributed by atoms with Crippen molar-refractivity contribution in [3.8, 4) is 5.75 Å². The molecule has 0 saturated heterocycles. The van der Waals surface area contributed by atoms with Crippen molar-refractivity contribution >= 4 is 0 Å². The summed E-state index contributed by atoms with van der Waals surface area (Å²) in [5, 5.41) is 19.9. The normalized spacial score (nSPS) is 14.1. The van der Waals surface area contributed by atoms with Crippen LogP contribution in [0.3, 0.4) is 0 Å². The number of phenols is 1. The number of rotatable bonds is 4.